The van der Waals surface area contributed by atoms with E-state index in [4.69, 9.17) is 19.2 Å². The Bertz CT molecular complexity index is 1810. The van der Waals surface area contributed by atoms with Crippen LogP contribution in [0.4, 0.5) is 4.39 Å². The van der Waals surface area contributed by atoms with Crippen molar-refractivity contribution in [2.24, 2.45) is 4.99 Å². The first-order chi connectivity index (χ1) is 20.4. The first-order valence-electron chi connectivity index (χ1n) is 13.3. The second kappa shape index (κ2) is 12.8. The monoisotopic (exact) mass is 586 g/mol. The van der Waals surface area contributed by atoms with Gasteiger partial charge in [-0.25, -0.2) is 19.0 Å². The van der Waals surface area contributed by atoms with Gasteiger partial charge in [0.2, 0.25) is 0 Å². The van der Waals surface area contributed by atoms with E-state index >= 15 is 0 Å². The van der Waals surface area contributed by atoms with E-state index in [0.717, 1.165) is 5.56 Å². The molecule has 5 rings (SSSR count). The molecule has 1 aliphatic rings. The number of carbonyl (C=O) groups is 2. The number of thiazole rings is 1. The van der Waals surface area contributed by atoms with Crippen LogP contribution >= 0.6 is 11.3 Å². The second-order valence-corrected chi connectivity index (χ2v) is 10.2. The maximum Gasteiger partial charge on any atom is 0.344 e. The van der Waals surface area contributed by atoms with Gasteiger partial charge in [0.1, 0.15) is 11.6 Å². The Kier molecular flexibility index (Phi) is 8.73. The third-order valence-corrected chi connectivity index (χ3v) is 7.38. The molecule has 0 aliphatic carbocycles. The summed E-state index contributed by atoms with van der Waals surface area (Å²) in [6, 6.07) is 20.9. The van der Waals surface area contributed by atoms with Crippen LogP contribution in [0.3, 0.4) is 0 Å². The number of halogens is 1. The minimum atomic E-state index is -0.892. The van der Waals surface area contributed by atoms with E-state index in [1.807, 2.05) is 30.3 Å². The van der Waals surface area contributed by atoms with Gasteiger partial charge in [-0.15, -0.1) is 0 Å². The highest BCUT2D eigenvalue weighted by Crippen LogP contribution is 2.35. The lowest BCUT2D eigenvalue weighted by Crippen LogP contribution is -2.40. The lowest BCUT2D eigenvalue weighted by atomic mass is 9.93. The number of esters is 2. The Morgan fingerprint density at radius 2 is 1.64 bits per heavy atom. The Morgan fingerprint density at radius 3 is 2.31 bits per heavy atom. The molecule has 0 saturated heterocycles. The molecule has 0 saturated carbocycles. The average molecular weight is 587 g/mol. The number of fused-ring (bicyclic) bond motifs is 1. The highest BCUT2D eigenvalue weighted by molar-refractivity contribution is 7.07. The maximum atomic E-state index is 13.9. The van der Waals surface area contributed by atoms with Crippen molar-refractivity contribution in [3.63, 3.8) is 0 Å². The molecule has 0 N–H and O–H groups in total. The van der Waals surface area contributed by atoms with E-state index in [1.165, 1.54) is 28.0 Å². The molecule has 1 aliphatic heterocycles. The highest BCUT2D eigenvalue weighted by Gasteiger charge is 2.35. The molecule has 0 amide bonds. The minimum Gasteiger partial charge on any atom is -0.482 e. The van der Waals surface area contributed by atoms with Gasteiger partial charge >= 0.3 is 11.9 Å². The quantitative estimate of drug-likeness (QED) is 0.275. The van der Waals surface area contributed by atoms with Crippen molar-refractivity contribution < 1.29 is 28.2 Å². The molecule has 0 unspecified atom stereocenters. The van der Waals surface area contributed by atoms with Crippen molar-refractivity contribution in [2.45, 2.75) is 19.9 Å². The van der Waals surface area contributed by atoms with Gasteiger partial charge in [-0.1, -0.05) is 65.9 Å². The maximum absolute atomic E-state index is 13.9. The first-order valence-corrected chi connectivity index (χ1v) is 14.1. The third-order valence-electron chi connectivity index (χ3n) is 6.40. The van der Waals surface area contributed by atoms with Crippen LogP contribution in [0.25, 0.3) is 11.8 Å². The molecule has 0 fully saturated rings. The van der Waals surface area contributed by atoms with Gasteiger partial charge in [-0.3, -0.25) is 9.36 Å². The molecule has 10 heteroatoms. The number of aromatic nitrogens is 1. The molecular formula is C32H27FN2O6S. The molecule has 0 bridgehead atoms. The van der Waals surface area contributed by atoms with Crippen LogP contribution < -0.4 is 19.6 Å². The summed E-state index contributed by atoms with van der Waals surface area (Å²) < 4.78 is 31.5. The fraction of sp³-hybridized carbons (Fsp3) is 0.188. The number of hydrogen-bond donors (Lipinski definition) is 0. The number of carbonyl (C=O) groups excluding carboxylic acids is 2. The van der Waals surface area contributed by atoms with Crippen molar-refractivity contribution in [1.29, 1.82) is 0 Å². The first kappa shape index (κ1) is 28.7. The fourth-order valence-corrected chi connectivity index (χ4v) is 5.56. The predicted octanol–water partition coefficient (Wildman–Crippen LogP) is 4.02. The topological polar surface area (TPSA) is 96.2 Å². The summed E-state index contributed by atoms with van der Waals surface area (Å²) >= 11 is 1.18. The lowest BCUT2D eigenvalue weighted by Gasteiger charge is -2.25. The molecule has 1 atom stereocenters. The Labute approximate surface area is 244 Å². The molecule has 3 aromatic carbocycles. The van der Waals surface area contributed by atoms with Crippen molar-refractivity contribution in [2.75, 3.05) is 19.8 Å². The normalized spacial score (nSPS) is 14.6. The van der Waals surface area contributed by atoms with Gasteiger partial charge in [0, 0.05) is 5.56 Å². The smallest absolute Gasteiger partial charge is 0.344 e. The van der Waals surface area contributed by atoms with Gasteiger partial charge in [-0.2, -0.15) is 0 Å². The third kappa shape index (κ3) is 6.08. The van der Waals surface area contributed by atoms with Crippen LogP contribution in [0.1, 0.15) is 36.6 Å². The molecule has 0 radical (unpaired) electrons. The van der Waals surface area contributed by atoms with Gasteiger partial charge in [0.25, 0.3) is 5.56 Å². The summed E-state index contributed by atoms with van der Waals surface area (Å²) in [5.74, 6) is -1.03. The zero-order valence-electron chi connectivity index (χ0n) is 22.9. The molecular weight excluding hydrogens is 559 g/mol. The number of ether oxygens (including phenoxy) is 3. The van der Waals surface area contributed by atoms with Crippen LogP contribution in [0.5, 0.6) is 5.75 Å². The number of hydrogen-bond acceptors (Lipinski definition) is 8. The molecule has 0 spiro atoms. The summed E-state index contributed by atoms with van der Waals surface area (Å²) in [7, 11) is 0. The molecule has 42 heavy (non-hydrogen) atoms. The summed E-state index contributed by atoms with van der Waals surface area (Å²) in [5, 5.41) is 0. The van der Waals surface area contributed by atoms with Crippen molar-refractivity contribution in [3.8, 4) is 5.75 Å². The van der Waals surface area contributed by atoms with E-state index in [1.54, 1.807) is 56.3 Å². The fourth-order valence-electron chi connectivity index (χ4n) is 4.56. The predicted molar refractivity (Wildman–Crippen MR) is 156 cm³/mol. The summed E-state index contributed by atoms with van der Waals surface area (Å²) in [6.45, 7) is 3.62. The minimum absolute atomic E-state index is 0.129. The van der Waals surface area contributed by atoms with Gasteiger partial charge in [-0.05, 0) is 55.3 Å². The molecule has 8 nitrogen and oxygen atoms in total. The van der Waals surface area contributed by atoms with Crippen LogP contribution in [-0.2, 0) is 19.1 Å². The Morgan fingerprint density at radius 1 is 0.952 bits per heavy atom. The zero-order chi connectivity index (χ0) is 29.6. The standard InChI is InChI=1S/C32H27FN2O6S/c1-3-39-26(36)19-41-24-16-10-20(11-17-24)18-25-30(37)35-29(22-12-14-23(33)15-13-22)27(31(38)40-4-2)28(34-32(35)42-25)21-8-6-5-7-9-21/h5-18,29H,3-4,19H2,1-2H3/t29-/m1/s1. The SMILES string of the molecule is CCOC(=O)COc1ccc(C=c2sc3n(c2=O)[C@H](c2ccc(F)cc2)C(C(=O)OCC)=C(c2ccccc2)N=3)cc1. The lowest BCUT2D eigenvalue weighted by molar-refractivity contribution is -0.145. The van der Waals surface area contributed by atoms with E-state index in [9.17, 15) is 18.8 Å². The van der Waals surface area contributed by atoms with Gasteiger partial charge in [0.15, 0.2) is 11.4 Å². The Hall–Kier alpha value is -4.83. The zero-order valence-corrected chi connectivity index (χ0v) is 23.7. The number of nitrogens with zero attached hydrogens (tertiary/aromatic N) is 2. The van der Waals surface area contributed by atoms with Gasteiger partial charge < -0.3 is 14.2 Å². The number of benzene rings is 3. The van der Waals surface area contributed by atoms with E-state index in [-0.39, 0.29) is 31.0 Å². The largest absolute Gasteiger partial charge is 0.482 e. The van der Waals surface area contributed by atoms with Crippen LogP contribution in [0.2, 0.25) is 0 Å². The summed E-state index contributed by atoms with van der Waals surface area (Å²) in [4.78, 5) is 44.1. The van der Waals surface area contributed by atoms with E-state index in [2.05, 4.69) is 0 Å². The van der Waals surface area contributed by atoms with Crippen LogP contribution in [0, 0.1) is 5.82 Å². The summed E-state index contributed by atoms with van der Waals surface area (Å²) in [6.07, 6.45) is 1.72. The molecule has 2 heterocycles. The summed E-state index contributed by atoms with van der Waals surface area (Å²) in [5.41, 5.74) is 2.16. The molecule has 4 aromatic rings. The number of rotatable bonds is 9. The Balaban J connectivity index is 1.63. The second-order valence-electron chi connectivity index (χ2n) is 9.15. The highest BCUT2D eigenvalue weighted by atomic mass is 32.1. The average Bonchev–Trinajstić information content (AvgIpc) is 3.31. The van der Waals surface area contributed by atoms with E-state index < -0.39 is 23.8 Å². The van der Waals surface area contributed by atoms with Gasteiger partial charge in [0.05, 0.1) is 35.1 Å². The molecule has 214 valence electrons. The van der Waals surface area contributed by atoms with Crippen LogP contribution in [0.15, 0.2) is 94.2 Å². The molecule has 1 aromatic heterocycles. The van der Waals surface area contributed by atoms with Crippen LogP contribution in [-0.4, -0.2) is 36.3 Å². The van der Waals surface area contributed by atoms with E-state index in [0.29, 0.717) is 31.9 Å². The van der Waals surface area contributed by atoms with Crippen molar-refractivity contribution in [1.82, 2.24) is 4.57 Å². The van der Waals surface area contributed by atoms with Crippen molar-refractivity contribution in [3.05, 3.63) is 127 Å². The van der Waals surface area contributed by atoms with Crippen molar-refractivity contribution >= 4 is 35.0 Å².